The Hall–Kier alpha value is -1.57. The molecule has 0 bridgehead atoms. The molecule has 0 saturated carbocycles. The molecule has 3 nitrogen and oxygen atoms in total. The number of benzene rings is 1. The van der Waals surface area contributed by atoms with Crippen LogP contribution in [0.15, 0.2) is 36.6 Å². The van der Waals surface area contributed by atoms with Gasteiger partial charge in [-0.1, -0.05) is 32.9 Å². The number of nitriles is 1. The second-order valence-electron chi connectivity index (χ2n) is 6.74. The van der Waals surface area contributed by atoms with E-state index in [0.717, 1.165) is 5.56 Å². The lowest BCUT2D eigenvalue weighted by atomic mass is 10.1. The monoisotopic (exact) mass is 303 g/mol. The first-order chi connectivity index (χ1) is 9.67. The summed E-state index contributed by atoms with van der Waals surface area (Å²) in [5, 5.41) is 19.0. The van der Waals surface area contributed by atoms with Gasteiger partial charge >= 0.3 is 0 Å². The molecule has 1 N–H and O–H groups in total. The average Bonchev–Trinajstić information content (AvgIpc) is 2.42. The van der Waals surface area contributed by atoms with Crippen LogP contribution in [0.25, 0.3) is 0 Å². The van der Waals surface area contributed by atoms with Crippen molar-refractivity contribution in [3.63, 3.8) is 0 Å². The minimum atomic E-state index is -1.77. The molecule has 0 aliphatic rings. The molecule has 114 valence electrons. The molecule has 1 atom stereocenters. The molecule has 0 saturated heterocycles. The Morgan fingerprint density at radius 1 is 1.29 bits per heavy atom. The minimum Gasteiger partial charge on any atom is -0.549 e. The number of nitrogens with zero attached hydrogens (tertiary/aromatic N) is 1. The van der Waals surface area contributed by atoms with Gasteiger partial charge in [-0.25, -0.2) is 0 Å². The van der Waals surface area contributed by atoms with Crippen molar-refractivity contribution in [2.24, 2.45) is 0 Å². The van der Waals surface area contributed by atoms with Gasteiger partial charge in [0.1, 0.15) is 0 Å². The van der Waals surface area contributed by atoms with E-state index in [1.807, 2.05) is 6.08 Å². The van der Waals surface area contributed by atoms with E-state index in [2.05, 4.69) is 39.9 Å². The second-order valence-corrected chi connectivity index (χ2v) is 11.5. The molecule has 4 heteroatoms. The highest BCUT2D eigenvalue weighted by Gasteiger charge is 2.37. The van der Waals surface area contributed by atoms with E-state index in [9.17, 15) is 5.11 Å². The molecule has 0 aliphatic heterocycles. The van der Waals surface area contributed by atoms with Crippen molar-refractivity contribution < 1.29 is 9.53 Å². The van der Waals surface area contributed by atoms with E-state index in [-0.39, 0.29) is 5.04 Å². The Balaban J connectivity index is 2.55. The normalized spacial score (nSPS) is 14.0. The summed E-state index contributed by atoms with van der Waals surface area (Å²) >= 11 is 0. The summed E-state index contributed by atoms with van der Waals surface area (Å²) in [6.45, 7) is 11.0. The van der Waals surface area contributed by atoms with Crippen molar-refractivity contribution in [3.8, 4) is 6.07 Å². The van der Waals surface area contributed by atoms with Gasteiger partial charge in [0.15, 0.2) is 0 Å². The summed E-state index contributed by atoms with van der Waals surface area (Å²) in [6, 6.07) is 9.07. The first-order valence-corrected chi connectivity index (χ1v) is 10.1. The molecular weight excluding hydrogens is 278 g/mol. The molecule has 1 unspecified atom stereocenters. The van der Waals surface area contributed by atoms with Crippen molar-refractivity contribution >= 4 is 8.32 Å². The summed E-state index contributed by atoms with van der Waals surface area (Å²) < 4.78 is 5.92. The van der Waals surface area contributed by atoms with E-state index in [4.69, 9.17) is 9.69 Å². The lowest BCUT2D eigenvalue weighted by Gasteiger charge is -2.35. The third-order valence-electron chi connectivity index (χ3n) is 4.05. The van der Waals surface area contributed by atoms with Crippen molar-refractivity contribution in [2.75, 3.05) is 0 Å². The average molecular weight is 303 g/mol. The maximum atomic E-state index is 10.1. The Labute approximate surface area is 129 Å². The molecule has 1 aromatic carbocycles. The first-order valence-electron chi connectivity index (χ1n) is 7.18. The fraction of sp³-hybridized carbons (Fsp3) is 0.471. The first kappa shape index (κ1) is 17.5. The van der Waals surface area contributed by atoms with Crippen LogP contribution >= 0.6 is 0 Å². The number of rotatable bonds is 5. The van der Waals surface area contributed by atoms with Crippen molar-refractivity contribution in [1.82, 2.24) is 0 Å². The Bertz CT molecular complexity index is 521. The summed E-state index contributed by atoms with van der Waals surface area (Å²) in [7, 11) is -1.77. The van der Waals surface area contributed by atoms with Gasteiger partial charge in [-0.2, -0.15) is 5.26 Å². The van der Waals surface area contributed by atoms with Gasteiger partial charge in [0.25, 0.3) is 0 Å². The van der Waals surface area contributed by atoms with Gasteiger partial charge < -0.3 is 9.53 Å². The fourth-order valence-corrected chi connectivity index (χ4v) is 2.29. The molecule has 1 rings (SSSR count). The quantitative estimate of drug-likeness (QED) is 0.643. The Morgan fingerprint density at radius 2 is 1.86 bits per heavy atom. The fourth-order valence-electron chi connectivity index (χ4n) is 1.50. The van der Waals surface area contributed by atoms with Gasteiger partial charge in [0.05, 0.1) is 24.0 Å². The number of hydrogen-bond donors (Lipinski definition) is 1. The SMILES string of the molecule is CC(C)(C)[Si](C)(C)O/C=C/CC(O)c1ccc(C#N)cc1. The van der Waals surface area contributed by atoms with E-state index < -0.39 is 14.4 Å². The second kappa shape index (κ2) is 6.93. The van der Waals surface area contributed by atoms with Crippen LogP contribution in [0.4, 0.5) is 0 Å². The lowest BCUT2D eigenvalue weighted by Crippen LogP contribution is -2.39. The molecule has 21 heavy (non-hydrogen) atoms. The zero-order chi connectivity index (χ0) is 16.1. The van der Waals surface area contributed by atoms with Crippen LogP contribution < -0.4 is 0 Å². The summed E-state index contributed by atoms with van der Waals surface area (Å²) in [5.74, 6) is 0. The van der Waals surface area contributed by atoms with Crippen LogP contribution in [0.2, 0.25) is 18.1 Å². The zero-order valence-corrected chi connectivity index (χ0v) is 14.6. The van der Waals surface area contributed by atoms with Crippen LogP contribution in [0.5, 0.6) is 0 Å². The van der Waals surface area contributed by atoms with E-state index >= 15 is 0 Å². The highest BCUT2D eigenvalue weighted by Crippen LogP contribution is 2.36. The molecule has 0 radical (unpaired) electrons. The summed E-state index contributed by atoms with van der Waals surface area (Å²) in [5.41, 5.74) is 1.41. The predicted octanol–water partition coefficient (Wildman–Crippen LogP) is 4.52. The summed E-state index contributed by atoms with van der Waals surface area (Å²) in [4.78, 5) is 0. The third kappa shape index (κ3) is 5.03. The molecule has 0 heterocycles. The highest BCUT2D eigenvalue weighted by molar-refractivity contribution is 6.74. The third-order valence-corrected chi connectivity index (χ3v) is 8.39. The van der Waals surface area contributed by atoms with Crippen LogP contribution in [0.1, 0.15) is 44.4 Å². The molecule has 0 spiro atoms. The highest BCUT2D eigenvalue weighted by atomic mass is 28.4. The van der Waals surface area contributed by atoms with Crippen LogP contribution in [-0.2, 0) is 4.43 Å². The van der Waals surface area contributed by atoms with Gasteiger partial charge in [-0.3, -0.25) is 0 Å². The molecule has 0 amide bonds. The topological polar surface area (TPSA) is 53.2 Å². The standard InChI is InChI=1S/C17H25NO2Si/c1-17(2,3)21(4,5)20-12-6-7-16(19)15-10-8-14(13-18)9-11-15/h6,8-12,16,19H,7H2,1-5H3/b12-6+. The zero-order valence-electron chi connectivity index (χ0n) is 13.6. The molecule has 1 aromatic rings. The largest absolute Gasteiger partial charge is 0.549 e. The maximum Gasteiger partial charge on any atom is 0.249 e. The lowest BCUT2D eigenvalue weighted by molar-refractivity contribution is 0.181. The smallest absolute Gasteiger partial charge is 0.249 e. The van der Waals surface area contributed by atoms with Crippen molar-refractivity contribution in [2.45, 2.75) is 51.4 Å². The van der Waals surface area contributed by atoms with E-state index in [0.29, 0.717) is 12.0 Å². The molecule has 0 aliphatic carbocycles. The number of aliphatic hydroxyl groups excluding tert-OH is 1. The summed E-state index contributed by atoms with van der Waals surface area (Å²) in [6.07, 6.45) is 3.52. The van der Waals surface area contributed by atoms with Gasteiger partial charge in [-0.15, -0.1) is 0 Å². The molecule has 0 aromatic heterocycles. The van der Waals surface area contributed by atoms with E-state index in [1.165, 1.54) is 0 Å². The Kier molecular flexibility index (Phi) is 5.76. The molecular formula is C17H25NO2Si. The van der Waals surface area contributed by atoms with Crippen molar-refractivity contribution in [1.29, 1.82) is 5.26 Å². The van der Waals surface area contributed by atoms with E-state index in [1.54, 1.807) is 30.5 Å². The number of aliphatic hydroxyl groups is 1. The number of hydrogen-bond acceptors (Lipinski definition) is 3. The van der Waals surface area contributed by atoms with Crippen molar-refractivity contribution in [3.05, 3.63) is 47.7 Å². The Morgan fingerprint density at radius 3 is 2.33 bits per heavy atom. The van der Waals surface area contributed by atoms with Crippen LogP contribution in [-0.4, -0.2) is 13.4 Å². The van der Waals surface area contributed by atoms with Gasteiger partial charge in [-0.05, 0) is 48.3 Å². The van der Waals surface area contributed by atoms with Gasteiger partial charge in [0, 0.05) is 0 Å². The van der Waals surface area contributed by atoms with Crippen LogP contribution in [0, 0.1) is 11.3 Å². The predicted molar refractivity (Wildman–Crippen MR) is 88.2 cm³/mol. The van der Waals surface area contributed by atoms with Gasteiger partial charge in [0.2, 0.25) is 8.32 Å². The van der Waals surface area contributed by atoms with Crippen LogP contribution in [0.3, 0.4) is 0 Å². The molecule has 0 fully saturated rings. The maximum absolute atomic E-state index is 10.1. The minimum absolute atomic E-state index is 0.170.